The largest absolute Gasteiger partial charge is 0.353 e. The van der Waals surface area contributed by atoms with Crippen LogP contribution in [0, 0.1) is 0 Å². The highest BCUT2D eigenvalue weighted by molar-refractivity contribution is 7.16. The van der Waals surface area contributed by atoms with E-state index in [4.69, 9.17) is 0 Å². The van der Waals surface area contributed by atoms with Crippen LogP contribution in [0.4, 0.5) is 0 Å². The molecule has 1 aliphatic rings. The number of piperazine rings is 1. The van der Waals surface area contributed by atoms with E-state index in [2.05, 4.69) is 23.5 Å². The first-order chi connectivity index (χ1) is 11.1. The van der Waals surface area contributed by atoms with Gasteiger partial charge in [0.1, 0.15) is 6.04 Å². The Morgan fingerprint density at radius 3 is 2.83 bits per heavy atom. The van der Waals surface area contributed by atoms with Crippen molar-refractivity contribution in [3.8, 4) is 10.4 Å². The number of carbonyl (C=O) groups is 2. The highest BCUT2D eigenvalue weighted by Gasteiger charge is 2.27. The molecular weight excluding hydrogens is 308 g/mol. The Bertz CT molecular complexity index is 736. The van der Waals surface area contributed by atoms with Crippen molar-refractivity contribution in [3.63, 3.8) is 0 Å². The maximum Gasteiger partial charge on any atom is 0.247 e. The summed E-state index contributed by atoms with van der Waals surface area (Å²) in [7, 11) is 0. The average molecular weight is 326 g/mol. The van der Waals surface area contributed by atoms with Crippen LogP contribution in [0.1, 0.15) is 11.8 Å². The van der Waals surface area contributed by atoms with Gasteiger partial charge in [0.15, 0.2) is 0 Å². The molecule has 2 amide bonds. The minimum atomic E-state index is -0.413. The summed E-state index contributed by atoms with van der Waals surface area (Å²) in [6, 6.07) is 13.8. The lowest BCUT2D eigenvalue weighted by Crippen LogP contribution is -2.55. The molecule has 4 nitrogen and oxygen atoms in total. The molecule has 0 radical (unpaired) electrons. The van der Waals surface area contributed by atoms with Gasteiger partial charge in [0.25, 0.3) is 0 Å². The van der Waals surface area contributed by atoms with E-state index < -0.39 is 6.04 Å². The third-order valence-corrected chi connectivity index (χ3v) is 4.96. The summed E-state index contributed by atoms with van der Waals surface area (Å²) >= 11 is 1.64. The predicted molar refractivity (Wildman–Crippen MR) is 93.0 cm³/mol. The zero-order valence-corrected chi connectivity index (χ0v) is 13.7. The number of nitrogens with one attached hydrogen (secondary N) is 1. The molecule has 1 unspecified atom stereocenters. The maximum atomic E-state index is 12.3. The van der Waals surface area contributed by atoms with Gasteiger partial charge < -0.3 is 10.2 Å². The molecule has 0 saturated carbocycles. The molecule has 2 aromatic rings. The van der Waals surface area contributed by atoms with Crippen LogP contribution in [-0.2, 0) is 9.59 Å². The second-order valence-corrected chi connectivity index (χ2v) is 6.52. The lowest BCUT2D eigenvalue weighted by atomic mass is 10.2. The van der Waals surface area contributed by atoms with Crippen LogP contribution in [0.2, 0.25) is 0 Å². The third kappa shape index (κ3) is 3.51. The van der Waals surface area contributed by atoms with Crippen LogP contribution in [0.5, 0.6) is 0 Å². The molecule has 2 heterocycles. The number of benzene rings is 1. The number of nitrogens with zero attached hydrogens (tertiary/aromatic N) is 1. The molecule has 5 heteroatoms. The highest BCUT2D eigenvalue weighted by Crippen LogP contribution is 2.28. The van der Waals surface area contributed by atoms with Crippen molar-refractivity contribution in [1.82, 2.24) is 10.2 Å². The molecule has 0 spiro atoms. The molecule has 118 valence electrons. The topological polar surface area (TPSA) is 49.4 Å². The monoisotopic (exact) mass is 326 g/mol. The Morgan fingerprint density at radius 2 is 2.04 bits per heavy atom. The van der Waals surface area contributed by atoms with Crippen LogP contribution in [0.15, 0.2) is 48.5 Å². The van der Waals surface area contributed by atoms with Gasteiger partial charge in [0.05, 0.1) is 0 Å². The zero-order valence-electron chi connectivity index (χ0n) is 12.9. The summed E-state index contributed by atoms with van der Waals surface area (Å²) in [5.41, 5.74) is 1.17. The smallest absolute Gasteiger partial charge is 0.247 e. The molecule has 1 aromatic carbocycles. The van der Waals surface area contributed by atoms with Crippen molar-refractivity contribution in [2.24, 2.45) is 0 Å². The average Bonchev–Trinajstić information content (AvgIpc) is 3.05. The molecule has 1 saturated heterocycles. The number of amides is 2. The quantitative estimate of drug-likeness (QED) is 0.882. The van der Waals surface area contributed by atoms with E-state index in [0.29, 0.717) is 13.1 Å². The number of rotatable bonds is 3. The first-order valence-electron chi connectivity index (χ1n) is 7.57. The normalized spacial score (nSPS) is 18.2. The van der Waals surface area contributed by atoms with Gasteiger partial charge >= 0.3 is 0 Å². The molecule has 1 atom stereocenters. The lowest BCUT2D eigenvalue weighted by molar-refractivity contribution is -0.139. The van der Waals surface area contributed by atoms with Crippen molar-refractivity contribution >= 4 is 29.2 Å². The molecule has 0 bridgehead atoms. The molecule has 1 aromatic heterocycles. The summed E-state index contributed by atoms with van der Waals surface area (Å²) in [4.78, 5) is 27.7. The van der Waals surface area contributed by atoms with Gasteiger partial charge in [-0.2, -0.15) is 0 Å². The van der Waals surface area contributed by atoms with Crippen molar-refractivity contribution < 1.29 is 9.59 Å². The van der Waals surface area contributed by atoms with Crippen molar-refractivity contribution in [2.45, 2.75) is 13.0 Å². The van der Waals surface area contributed by atoms with Gasteiger partial charge in [-0.3, -0.25) is 9.59 Å². The minimum Gasteiger partial charge on any atom is -0.353 e. The second-order valence-electron chi connectivity index (χ2n) is 5.40. The molecule has 3 rings (SSSR count). The molecule has 1 aliphatic heterocycles. The van der Waals surface area contributed by atoms with E-state index >= 15 is 0 Å². The van der Waals surface area contributed by atoms with Crippen molar-refractivity contribution in [3.05, 3.63) is 53.4 Å². The van der Waals surface area contributed by atoms with Gasteiger partial charge in [0.2, 0.25) is 11.8 Å². The number of hydrogen-bond donors (Lipinski definition) is 1. The van der Waals surface area contributed by atoms with E-state index in [1.807, 2.05) is 30.3 Å². The Labute approximate surface area is 139 Å². The summed E-state index contributed by atoms with van der Waals surface area (Å²) in [6.07, 6.45) is 3.37. The second kappa shape index (κ2) is 6.79. The summed E-state index contributed by atoms with van der Waals surface area (Å²) < 4.78 is 0. The van der Waals surface area contributed by atoms with E-state index in [1.165, 1.54) is 10.4 Å². The van der Waals surface area contributed by atoms with E-state index in [9.17, 15) is 9.59 Å². The minimum absolute atomic E-state index is 0.0968. The molecule has 1 fully saturated rings. The van der Waals surface area contributed by atoms with Crippen LogP contribution >= 0.6 is 11.3 Å². The van der Waals surface area contributed by atoms with Gasteiger partial charge in [0, 0.05) is 28.9 Å². The van der Waals surface area contributed by atoms with Crippen LogP contribution in [0.3, 0.4) is 0 Å². The summed E-state index contributed by atoms with van der Waals surface area (Å²) in [5, 5.41) is 2.76. The summed E-state index contributed by atoms with van der Waals surface area (Å²) in [5.74, 6) is -0.220. The molecule has 0 aliphatic carbocycles. The van der Waals surface area contributed by atoms with Crippen molar-refractivity contribution in [2.75, 3.05) is 13.1 Å². The first-order valence-corrected chi connectivity index (χ1v) is 8.38. The molecule has 1 N–H and O–H groups in total. The third-order valence-electron chi connectivity index (χ3n) is 3.86. The number of carbonyl (C=O) groups excluding carboxylic acids is 2. The van der Waals surface area contributed by atoms with E-state index in [-0.39, 0.29) is 11.8 Å². The number of hydrogen-bond acceptors (Lipinski definition) is 3. The fourth-order valence-corrected chi connectivity index (χ4v) is 3.45. The van der Waals surface area contributed by atoms with Gasteiger partial charge in [-0.1, -0.05) is 30.3 Å². The van der Waals surface area contributed by atoms with Gasteiger partial charge in [-0.25, -0.2) is 0 Å². The SMILES string of the molecule is CC1C(=O)NCCN1C(=O)C=Cc1ccc(-c2ccccc2)s1. The summed E-state index contributed by atoms with van der Waals surface area (Å²) in [6.45, 7) is 2.81. The van der Waals surface area contributed by atoms with Gasteiger partial charge in [-0.05, 0) is 30.7 Å². The maximum absolute atomic E-state index is 12.3. The van der Waals surface area contributed by atoms with Gasteiger partial charge in [-0.15, -0.1) is 11.3 Å². The molecule has 23 heavy (non-hydrogen) atoms. The lowest BCUT2D eigenvalue weighted by Gasteiger charge is -2.31. The zero-order chi connectivity index (χ0) is 16.2. The van der Waals surface area contributed by atoms with E-state index in [0.717, 1.165) is 4.88 Å². The fourth-order valence-electron chi connectivity index (χ4n) is 2.53. The fraction of sp³-hybridized carbons (Fsp3) is 0.222. The standard InChI is InChI=1S/C18H18N2O2S/c1-13-18(22)19-11-12-20(13)17(21)10-8-15-7-9-16(23-15)14-5-3-2-4-6-14/h2-10,13H,11-12H2,1H3,(H,19,22). The van der Waals surface area contributed by atoms with Crippen molar-refractivity contribution in [1.29, 1.82) is 0 Å². The van der Waals surface area contributed by atoms with E-state index in [1.54, 1.807) is 29.2 Å². The van der Waals surface area contributed by atoms with Crippen LogP contribution in [0.25, 0.3) is 16.5 Å². The van der Waals surface area contributed by atoms with Crippen LogP contribution in [-0.4, -0.2) is 35.8 Å². The Kier molecular flexibility index (Phi) is 4.57. The highest BCUT2D eigenvalue weighted by atomic mass is 32.1. The Hall–Kier alpha value is -2.40. The Balaban J connectivity index is 1.69. The number of thiophene rings is 1. The first kappa shape index (κ1) is 15.5. The Morgan fingerprint density at radius 1 is 1.26 bits per heavy atom. The molecular formula is C18H18N2O2S. The predicted octanol–water partition coefficient (Wildman–Crippen LogP) is 2.78. The van der Waals surface area contributed by atoms with Crippen LogP contribution < -0.4 is 5.32 Å².